The number of hydrogen-bond donors (Lipinski definition) is 1. The van der Waals surface area contributed by atoms with Crippen molar-refractivity contribution in [3.63, 3.8) is 0 Å². The number of amides is 1. The minimum Gasteiger partial charge on any atom is -0.310 e. The Morgan fingerprint density at radius 3 is 2.92 bits per heavy atom. The van der Waals surface area contributed by atoms with E-state index in [2.05, 4.69) is 20.5 Å². The van der Waals surface area contributed by atoms with Crippen LogP contribution >= 0.6 is 34.7 Å². The Balaban J connectivity index is 1.56. The zero-order valence-electron chi connectivity index (χ0n) is 13.0. The lowest BCUT2D eigenvalue weighted by Gasteiger charge is -2.10. The molecule has 0 saturated heterocycles. The van der Waals surface area contributed by atoms with E-state index < -0.39 is 0 Å². The summed E-state index contributed by atoms with van der Waals surface area (Å²) in [4.78, 5) is 17.3. The second-order valence-electron chi connectivity index (χ2n) is 5.28. The van der Waals surface area contributed by atoms with Crippen LogP contribution in [0.3, 0.4) is 0 Å². The fraction of sp³-hybridized carbons (Fsp3) is 0.125. The average Bonchev–Trinajstić information content (AvgIpc) is 3.16. The minimum atomic E-state index is -0.358. The number of fused-ring (bicyclic) bond motifs is 3. The summed E-state index contributed by atoms with van der Waals surface area (Å²) in [6.45, 7) is 1.82. The van der Waals surface area contributed by atoms with Crippen molar-refractivity contribution in [3.8, 4) is 0 Å². The highest BCUT2D eigenvalue weighted by Gasteiger charge is 2.20. The molecule has 1 atom stereocenters. The van der Waals surface area contributed by atoms with E-state index in [1.807, 2.05) is 35.6 Å². The normalized spacial score (nSPS) is 12.6. The van der Waals surface area contributed by atoms with E-state index in [1.54, 1.807) is 23.5 Å². The molecule has 4 aromatic rings. The number of carbonyl (C=O) groups excluding carboxylic acids is 1. The van der Waals surface area contributed by atoms with Gasteiger partial charge in [-0.05, 0) is 31.2 Å². The topological polar surface area (TPSA) is 72.2 Å². The van der Waals surface area contributed by atoms with Crippen LogP contribution in [0.15, 0.2) is 47.8 Å². The largest absolute Gasteiger partial charge is 0.310 e. The second kappa shape index (κ2) is 6.62. The lowest BCUT2D eigenvalue weighted by Crippen LogP contribution is -2.23. The number of benzene rings is 1. The van der Waals surface area contributed by atoms with Crippen molar-refractivity contribution in [2.75, 3.05) is 5.32 Å². The molecule has 0 bridgehead atoms. The van der Waals surface area contributed by atoms with Gasteiger partial charge in [0, 0.05) is 6.20 Å². The number of halogens is 1. The summed E-state index contributed by atoms with van der Waals surface area (Å²) in [7, 11) is 0. The van der Waals surface area contributed by atoms with Gasteiger partial charge in [-0.2, -0.15) is 0 Å². The summed E-state index contributed by atoms with van der Waals surface area (Å²) in [5, 5.41) is 12.1. The maximum Gasteiger partial charge on any atom is 0.238 e. The number of thioether (sulfide) groups is 1. The first kappa shape index (κ1) is 16.3. The molecule has 0 saturated carbocycles. The van der Waals surface area contributed by atoms with Gasteiger partial charge in [-0.1, -0.05) is 46.8 Å². The van der Waals surface area contributed by atoms with Crippen molar-refractivity contribution in [3.05, 3.63) is 47.6 Å². The Morgan fingerprint density at radius 1 is 1.28 bits per heavy atom. The van der Waals surface area contributed by atoms with E-state index in [0.717, 1.165) is 15.2 Å². The maximum absolute atomic E-state index is 12.4. The predicted molar refractivity (Wildman–Crippen MR) is 102 cm³/mol. The van der Waals surface area contributed by atoms with E-state index in [1.165, 1.54) is 18.0 Å². The van der Waals surface area contributed by atoms with Gasteiger partial charge < -0.3 is 5.32 Å². The van der Waals surface area contributed by atoms with Gasteiger partial charge >= 0.3 is 0 Å². The van der Waals surface area contributed by atoms with Crippen molar-refractivity contribution in [2.24, 2.45) is 0 Å². The Morgan fingerprint density at radius 2 is 2.12 bits per heavy atom. The van der Waals surface area contributed by atoms with E-state index in [4.69, 9.17) is 11.6 Å². The number of nitrogens with one attached hydrogen (secondary N) is 1. The number of aromatic nitrogens is 4. The number of nitrogens with zero attached hydrogens (tertiary/aromatic N) is 4. The van der Waals surface area contributed by atoms with Crippen molar-refractivity contribution < 1.29 is 4.79 Å². The highest BCUT2D eigenvalue weighted by molar-refractivity contribution is 8.00. The molecule has 25 heavy (non-hydrogen) atoms. The molecular weight excluding hydrogens is 378 g/mol. The molecule has 1 N–H and O–H groups in total. The third-order valence-electron chi connectivity index (χ3n) is 3.54. The van der Waals surface area contributed by atoms with Gasteiger partial charge in [0.25, 0.3) is 0 Å². The van der Waals surface area contributed by atoms with Crippen LogP contribution in [-0.4, -0.2) is 30.7 Å². The molecule has 0 radical (unpaired) electrons. The first-order chi connectivity index (χ1) is 12.1. The number of pyridine rings is 1. The Bertz CT molecular complexity index is 1060. The van der Waals surface area contributed by atoms with Crippen LogP contribution in [-0.2, 0) is 4.79 Å². The van der Waals surface area contributed by atoms with Gasteiger partial charge in [-0.15, -0.1) is 10.2 Å². The van der Waals surface area contributed by atoms with Crippen LogP contribution < -0.4 is 5.32 Å². The van der Waals surface area contributed by atoms with Crippen LogP contribution in [0.4, 0.5) is 5.82 Å². The summed E-state index contributed by atoms with van der Waals surface area (Å²) in [6, 6.07) is 11.4. The van der Waals surface area contributed by atoms with E-state index in [9.17, 15) is 4.79 Å². The van der Waals surface area contributed by atoms with Crippen molar-refractivity contribution in [1.29, 1.82) is 0 Å². The number of rotatable bonds is 4. The summed E-state index contributed by atoms with van der Waals surface area (Å²) >= 11 is 8.74. The molecule has 1 amide bonds. The monoisotopic (exact) mass is 389 g/mol. The molecule has 3 aromatic heterocycles. The first-order valence-corrected chi connectivity index (χ1v) is 9.51. The van der Waals surface area contributed by atoms with Gasteiger partial charge in [-0.25, -0.2) is 4.98 Å². The predicted octanol–water partition coefficient (Wildman–Crippen LogP) is 4.11. The lowest BCUT2D eigenvalue weighted by atomic mass is 10.3. The van der Waals surface area contributed by atoms with Crippen molar-refractivity contribution in [2.45, 2.75) is 17.3 Å². The summed E-state index contributed by atoms with van der Waals surface area (Å²) in [5.74, 6) is 0.310. The SMILES string of the molecule is C[C@@H](Sc1nnc2sc3ccccc3n12)C(=O)Nc1ccc(Cl)cn1. The van der Waals surface area contributed by atoms with Crippen molar-refractivity contribution in [1.82, 2.24) is 19.6 Å². The molecule has 1 aromatic carbocycles. The molecule has 0 aliphatic carbocycles. The van der Waals surface area contributed by atoms with Crippen LogP contribution in [0.2, 0.25) is 5.02 Å². The fourth-order valence-corrected chi connectivity index (χ4v) is 4.32. The molecular formula is C16H12ClN5OS2. The molecule has 0 aliphatic heterocycles. The summed E-state index contributed by atoms with van der Waals surface area (Å²) in [5.41, 5.74) is 1.04. The maximum atomic E-state index is 12.4. The molecule has 0 unspecified atom stereocenters. The average molecular weight is 390 g/mol. The second-order valence-corrected chi connectivity index (χ2v) is 8.03. The number of para-hydroxylation sites is 1. The number of carbonyl (C=O) groups is 1. The Kier molecular flexibility index (Phi) is 4.32. The first-order valence-electron chi connectivity index (χ1n) is 7.43. The lowest BCUT2D eigenvalue weighted by molar-refractivity contribution is -0.115. The van der Waals surface area contributed by atoms with Crippen LogP contribution in [0.5, 0.6) is 0 Å². The molecule has 6 nitrogen and oxygen atoms in total. The van der Waals surface area contributed by atoms with Crippen molar-refractivity contribution >= 4 is 61.6 Å². The van der Waals surface area contributed by atoms with E-state index in [-0.39, 0.29) is 11.2 Å². The van der Waals surface area contributed by atoms with Gasteiger partial charge in [0.2, 0.25) is 10.9 Å². The fourth-order valence-electron chi connectivity index (χ4n) is 2.32. The molecule has 4 rings (SSSR count). The van der Waals surface area contributed by atoms with Gasteiger partial charge in [0.1, 0.15) is 5.82 Å². The molecule has 0 spiro atoms. The highest BCUT2D eigenvalue weighted by atomic mass is 35.5. The Labute approximate surface area is 156 Å². The standard InChI is InChI=1S/C16H12ClN5OS2/c1-9(14(23)19-13-7-6-10(17)8-18-13)24-15-20-21-16-22(15)11-4-2-3-5-12(11)25-16/h2-9H,1H3,(H,18,19,23)/t9-/m1/s1. The van der Waals surface area contributed by atoms with Gasteiger partial charge in [-0.3, -0.25) is 9.20 Å². The number of hydrogen-bond acceptors (Lipinski definition) is 6. The van der Waals surface area contributed by atoms with Crippen LogP contribution in [0.1, 0.15) is 6.92 Å². The highest BCUT2D eigenvalue weighted by Crippen LogP contribution is 2.31. The smallest absolute Gasteiger partial charge is 0.238 e. The third-order valence-corrected chi connectivity index (χ3v) is 5.82. The van der Waals surface area contributed by atoms with E-state index >= 15 is 0 Å². The molecule has 0 fully saturated rings. The van der Waals surface area contributed by atoms with Crippen LogP contribution in [0, 0.1) is 0 Å². The van der Waals surface area contributed by atoms with E-state index in [0.29, 0.717) is 16.0 Å². The summed E-state index contributed by atoms with van der Waals surface area (Å²) in [6.07, 6.45) is 1.49. The molecule has 3 heterocycles. The minimum absolute atomic E-state index is 0.156. The quantitative estimate of drug-likeness (QED) is 0.532. The Hall–Kier alpha value is -2.16. The molecule has 9 heteroatoms. The van der Waals surface area contributed by atoms with Gasteiger partial charge in [0.15, 0.2) is 5.16 Å². The number of thiazole rings is 1. The summed E-state index contributed by atoms with van der Waals surface area (Å²) < 4.78 is 3.12. The van der Waals surface area contributed by atoms with Crippen LogP contribution in [0.25, 0.3) is 15.2 Å². The zero-order chi connectivity index (χ0) is 17.4. The molecule has 0 aliphatic rings. The molecule has 126 valence electrons. The third kappa shape index (κ3) is 3.20. The zero-order valence-corrected chi connectivity index (χ0v) is 15.4. The number of anilines is 1. The van der Waals surface area contributed by atoms with Gasteiger partial charge in [0.05, 0.1) is 20.5 Å².